The molecular weight excluding hydrogens is 208 g/mol. The van der Waals surface area contributed by atoms with Crippen LogP contribution in [0.3, 0.4) is 0 Å². The average molecular weight is 222 g/mol. The molecule has 0 radical (unpaired) electrons. The van der Waals surface area contributed by atoms with E-state index in [1.807, 2.05) is 30.3 Å². The first-order chi connectivity index (χ1) is 7.59. The number of carbonyl (C=O) groups excluding carboxylic acids is 1. The van der Waals surface area contributed by atoms with Crippen molar-refractivity contribution in [2.45, 2.75) is 12.3 Å². The minimum Gasteiger partial charge on any atom is -0.481 e. The van der Waals surface area contributed by atoms with Gasteiger partial charge >= 0.3 is 12.0 Å². The van der Waals surface area contributed by atoms with Gasteiger partial charge in [-0.2, -0.15) is 0 Å². The summed E-state index contributed by atoms with van der Waals surface area (Å²) in [5, 5.41) is 11.2. The summed E-state index contributed by atoms with van der Waals surface area (Å²) in [6.45, 7) is 0.228. The number of hydrogen-bond acceptors (Lipinski definition) is 2. The number of hydrogen-bond donors (Lipinski definition) is 3. The van der Waals surface area contributed by atoms with Crippen molar-refractivity contribution in [2.75, 3.05) is 6.54 Å². The normalized spacial score (nSPS) is 11.8. The van der Waals surface area contributed by atoms with Crippen molar-refractivity contribution in [3.05, 3.63) is 35.9 Å². The van der Waals surface area contributed by atoms with Crippen LogP contribution >= 0.6 is 0 Å². The van der Waals surface area contributed by atoms with Crippen LogP contribution in [0.15, 0.2) is 30.3 Å². The number of carboxylic acid groups (broad SMARTS) is 1. The molecule has 0 saturated carbocycles. The number of amides is 2. The number of urea groups is 1. The number of carboxylic acids is 1. The molecule has 0 heterocycles. The molecule has 1 unspecified atom stereocenters. The molecule has 4 N–H and O–H groups in total. The quantitative estimate of drug-likeness (QED) is 0.691. The predicted molar refractivity (Wildman–Crippen MR) is 59.0 cm³/mol. The molecule has 0 spiro atoms. The maximum Gasteiger partial charge on any atom is 0.312 e. The Hall–Kier alpha value is -2.04. The highest BCUT2D eigenvalue weighted by Crippen LogP contribution is 2.18. The van der Waals surface area contributed by atoms with Crippen molar-refractivity contribution in [1.29, 1.82) is 0 Å². The molecule has 0 aliphatic carbocycles. The number of benzene rings is 1. The second-order valence-corrected chi connectivity index (χ2v) is 3.45. The maximum atomic E-state index is 10.7. The molecule has 0 aromatic heterocycles. The smallest absolute Gasteiger partial charge is 0.312 e. The van der Waals surface area contributed by atoms with Gasteiger partial charge in [0.25, 0.3) is 0 Å². The van der Waals surface area contributed by atoms with Crippen LogP contribution in [0.25, 0.3) is 0 Å². The third-order valence-corrected chi connectivity index (χ3v) is 2.21. The molecule has 0 saturated heterocycles. The Bertz CT molecular complexity index is 365. The molecule has 2 amide bonds. The number of primary amides is 1. The molecule has 1 aromatic carbocycles. The van der Waals surface area contributed by atoms with E-state index in [0.29, 0.717) is 0 Å². The van der Waals surface area contributed by atoms with Crippen LogP contribution in [0.2, 0.25) is 0 Å². The van der Waals surface area contributed by atoms with Gasteiger partial charge in [0, 0.05) is 12.5 Å². The molecule has 1 aromatic rings. The fraction of sp³-hybridized carbons (Fsp3) is 0.273. The van der Waals surface area contributed by atoms with Crippen LogP contribution in [0.1, 0.15) is 17.9 Å². The summed E-state index contributed by atoms with van der Waals surface area (Å²) in [7, 11) is 0. The summed E-state index contributed by atoms with van der Waals surface area (Å²) in [6, 6.07) is 8.52. The molecule has 5 heteroatoms. The van der Waals surface area contributed by atoms with E-state index in [2.05, 4.69) is 5.32 Å². The monoisotopic (exact) mass is 222 g/mol. The van der Waals surface area contributed by atoms with Crippen molar-refractivity contribution >= 4 is 12.0 Å². The molecule has 0 fully saturated rings. The summed E-state index contributed by atoms with van der Waals surface area (Å²) in [5.41, 5.74) is 5.83. The van der Waals surface area contributed by atoms with E-state index in [9.17, 15) is 9.59 Å². The van der Waals surface area contributed by atoms with Gasteiger partial charge in [0.05, 0.1) is 6.42 Å². The van der Waals surface area contributed by atoms with E-state index in [-0.39, 0.29) is 18.9 Å². The molecule has 86 valence electrons. The van der Waals surface area contributed by atoms with Gasteiger partial charge < -0.3 is 16.2 Å². The first-order valence-electron chi connectivity index (χ1n) is 4.89. The van der Waals surface area contributed by atoms with Gasteiger partial charge in [-0.1, -0.05) is 30.3 Å². The number of aliphatic carboxylic acids is 1. The molecule has 0 bridgehead atoms. The van der Waals surface area contributed by atoms with E-state index in [1.165, 1.54) is 0 Å². The average Bonchev–Trinajstić information content (AvgIpc) is 2.25. The number of nitrogens with one attached hydrogen (secondary N) is 1. The molecule has 0 aliphatic heterocycles. The Labute approximate surface area is 93.3 Å². The van der Waals surface area contributed by atoms with Gasteiger partial charge in [0.15, 0.2) is 0 Å². The summed E-state index contributed by atoms with van der Waals surface area (Å²) >= 11 is 0. The minimum atomic E-state index is -0.903. The Morgan fingerprint density at radius 3 is 2.44 bits per heavy atom. The van der Waals surface area contributed by atoms with Gasteiger partial charge in [-0.3, -0.25) is 4.79 Å². The van der Waals surface area contributed by atoms with Crippen LogP contribution < -0.4 is 11.1 Å². The summed E-state index contributed by atoms with van der Waals surface area (Å²) in [5.74, 6) is -1.16. The lowest BCUT2D eigenvalue weighted by Gasteiger charge is -2.15. The fourth-order valence-electron chi connectivity index (χ4n) is 1.47. The molecule has 5 nitrogen and oxygen atoms in total. The van der Waals surface area contributed by atoms with Gasteiger partial charge in [-0.15, -0.1) is 0 Å². The van der Waals surface area contributed by atoms with Crippen LogP contribution in [0.5, 0.6) is 0 Å². The summed E-state index contributed by atoms with van der Waals surface area (Å²) in [4.78, 5) is 21.3. The minimum absolute atomic E-state index is 0.0374. The van der Waals surface area contributed by atoms with E-state index in [1.54, 1.807) is 0 Å². The summed E-state index contributed by atoms with van der Waals surface area (Å²) in [6.07, 6.45) is -0.0374. The van der Waals surface area contributed by atoms with Gasteiger partial charge in [-0.05, 0) is 5.56 Å². The predicted octanol–water partition coefficient (Wildman–Crippen LogP) is 0.913. The van der Waals surface area contributed by atoms with Gasteiger partial charge in [0.2, 0.25) is 0 Å². The zero-order valence-electron chi connectivity index (χ0n) is 8.72. The van der Waals surface area contributed by atoms with Crippen molar-refractivity contribution < 1.29 is 14.7 Å². The Morgan fingerprint density at radius 2 is 1.94 bits per heavy atom. The Morgan fingerprint density at radius 1 is 1.31 bits per heavy atom. The number of rotatable bonds is 5. The highest BCUT2D eigenvalue weighted by molar-refractivity contribution is 5.72. The van der Waals surface area contributed by atoms with E-state index in [0.717, 1.165) is 5.56 Å². The van der Waals surface area contributed by atoms with Crippen LogP contribution in [0.4, 0.5) is 4.79 Å². The first-order valence-corrected chi connectivity index (χ1v) is 4.89. The van der Waals surface area contributed by atoms with Crippen molar-refractivity contribution in [3.8, 4) is 0 Å². The second kappa shape index (κ2) is 5.75. The highest BCUT2D eigenvalue weighted by Gasteiger charge is 2.15. The van der Waals surface area contributed by atoms with Crippen molar-refractivity contribution in [1.82, 2.24) is 5.32 Å². The SMILES string of the molecule is NC(=O)NCC(CC(=O)O)c1ccccc1. The van der Waals surface area contributed by atoms with Gasteiger partial charge in [-0.25, -0.2) is 4.79 Å². The van der Waals surface area contributed by atoms with E-state index >= 15 is 0 Å². The highest BCUT2D eigenvalue weighted by atomic mass is 16.4. The third-order valence-electron chi connectivity index (χ3n) is 2.21. The zero-order chi connectivity index (χ0) is 12.0. The third kappa shape index (κ3) is 4.00. The maximum absolute atomic E-state index is 10.7. The standard InChI is InChI=1S/C11H14N2O3/c12-11(16)13-7-9(6-10(14)15)8-4-2-1-3-5-8/h1-5,9H,6-7H2,(H,14,15)(H3,12,13,16). The van der Waals surface area contributed by atoms with Crippen LogP contribution in [-0.4, -0.2) is 23.7 Å². The largest absolute Gasteiger partial charge is 0.481 e. The second-order valence-electron chi connectivity index (χ2n) is 3.45. The first kappa shape index (κ1) is 12.0. The summed E-state index contributed by atoms with van der Waals surface area (Å²) < 4.78 is 0. The molecular formula is C11H14N2O3. The van der Waals surface area contributed by atoms with Crippen LogP contribution in [0, 0.1) is 0 Å². The molecule has 1 rings (SSSR count). The zero-order valence-corrected chi connectivity index (χ0v) is 8.72. The van der Waals surface area contributed by atoms with Crippen LogP contribution in [-0.2, 0) is 4.79 Å². The Balaban J connectivity index is 2.71. The molecule has 0 aliphatic rings. The topological polar surface area (TPSA) is 92.4 Å². The lowest BCUT2D eigenvalue weighted by molar-refractivity contribution is -0.137. The van der Waals surface area contributed by atoms with Gasteiger partial charge in [0.1, 0.15) is 0 Å². The van der Waals surface area contributed by atoms with Crippen molar-refractivity contribution in [3.63, 3.8) is 0 Å². The lowest BCUT2D eigenvalue weighted by atomic mass is 9.96. The van der Waals surface area contributed by atoms with E-state index in [4.69, 9.17) is 10.8 Å². The molecule has 1 atom stereocenters. The number of nitrogens with two attached hydrogens (primary N) is 1. The van der Waals surface area contributed by atoms with E-state index < -0.39 is 12.0 Å². The lowest BCUT2D eigenvalue weighted by Crippen LogP contribution is -2.33. The number of carbonyl (C=O) groups is 2. The fourth-order valence-corrected chi connectivity index (χ4v) is 1.47. The van der Waals surface area contributed by atoms with Crippen molar-refractivity contribution in [2.24, 2.45) is 5.73 Å². The molecule has 16 heavy (non-hydrogen) atoms. The Kier molecular flexibility index (Phi) is 4.32.